The zero-order valence-corrected chi connectivity index (χ0v) is 12.8. The van der Waals surface area contributed by atoms with Crippen LogP contribution in [0.5, 0.6) is 0 Å². The van der Waals surface area contributed by atoms with Crippen LogP contribution in [-0.2, 0) is 4.79 Å². The lowest BCUT2D eigenvalue weighted by atomic mass is 10.1. The lowest BCUT2D eigenvalue weighted by molar-refractivity contribution is -0.124. The lowest BCUT2D eigenvalue weighted by Crippen LogP contribution is -2.50. The molecule has 0 spiro atoms. The summed E-state index contributed by atoms with van der Waals surface area (Å²) in [5.41, 5.74) is 5.85. The number of nitrogens with one attached hydrogen (secondary N) is 2. The third-order valence-corrected chi connectivity index (χ3v) is 2.87. The predicted octanol–water partition coefficient (Wildman–Crippen LogP) is 1.96. The molecule has 0 fully saturated rings. The molecule has 0 aliphatic rings. The molecule has 4 N–H and O–H groups in total. The topological polar surface area (TPSA) is 84.2 Å². The molecule has 0 bridgehead atoms. The van der Waals surface area contributed by atoms with E-state index in [9.17, 15) is 9.59 Å². The van der Waals surface area contributed by atoms with Gasteiger partial charge in [0.2, 0.25) is 5.91 Å². The highest BCUT2D eigenvalue weighted by atomic mass is 35.5. The molecular weight excluding hydrogens is 278 g/mol. The van der Waals surface area contributed by atoms with Crippen LogP contribution in [0.15, 0.2) is 18.2 Å². The van der Waals surface area contributed by atoms with Crippen LogP contribution in [0.3, 0.4) is 0 Å². The third-order valence-electron chi connectivity index (χ3n) is 2.54. The smallest absolute Gasteiger partial charge is 0.254 e. The van der Waals surface area contributed by atoms with E-state index >= 15 is 0 Å². The molecular formula is C14H20ClN3O2. The van der Waals surface area contributed by atoms with Crippen LogP contribution in [0.25, 0.3) is 0 Å². The zero-order chi connectivity index (χ0) is 15.5. The van der Waals surface area contributed by atoms with Gasteiger partial charge in [0.15, 0.2) is 0 Å². The van der Waals surface area contributed by atoms with E-state index < -0.39 is 11.9 Å². The van der Waals surface area contributed by atoms with Gasteiger partial charge in [-0.15, -0.1) is 0 Å². The molecule has 0 saturated heterocycles. The van der Waals surface area contributed by atoms with Crippen LogP contribution in [-0.4, -0.2) is 23.4 Å². The largest absolute Gasteiger partial charge is 0.397 e. The Bertz CT molecular complexity index is 524. The lowest BCUT2D eigenvalue weighted by Gasteiger charge is -2.23. The van der Waals surface area contributed by atoms with Crippen molar-refractivity contribution < 1.29 is 9.59 Å². The number of amides is 2. The van der Waals surface area contributed by atoms with Crippen molar-refractivity contribution in [3.8, 4) is 0 Å². The summed E-state index contributed by atoms with van der Waals surface area (Å²) in [6.07, 6.45) is 0. The minimum Gasteiger partial charge on any atom is -0.397 e. The number of anilines is 1. The predicted molar refractivity (Wildman–Crippen MR) is 80.7 cm³/mol. The second-order valence-corrected chi connectivity index (χ2v) is 6.04. The van der Waals surface area contributed by atoms with E-state index in [0.29, 0.717) is 5.02 Å². The molecule has 1 unspecified atom stereocenters. The van der Waals surface area contributed by atoms with Crippen molar-refractivity contribution in [1.29, 1.82) is 0 Å². The molecule has 1 aromatic carbocycles. The van der Waals surface area contributed by atoms with Crippen molar-refractivity contribution in [2.24, 2.45) is 0 Å². The molecule has 0 aliphatic heterocycles. The van der Waals surface area contributed by atoms with Crippen molar-refractivity contribution in [3.63, 3.8) is 0 Å². The summed E-state index contributed by atoms with van der Waals surface area (Å²) in [6.45, 7) is 7.22. The standard InChI is InChI=1S/C14H20ClN3O2/c1-8(12(19)18-14(2,3)4)17-13(20)9-6-5-7-10(15)11(9)16/h5-8H,16H2,1-4H3,(H,17,20)(H,18,19). The summed E-state index contributed by atoms with van der Waals surface area (Å²) in [5, 5.41) is 5.70. The SMILES string of the molecule is CC(NC(=O)c1cccc(Cl)c1N)C(=O)NC(C)(C)C. The van der Waals surface area contributed by atoms with Gasteiger partial charge >= 0.3 is 0 Å². The van der Waals surface area contributed by atoms with E-state index in [2.05, 4.69) is 10.6 Å². The van der Waals surface area contributed by atoms with Crippen LogP contribution in [0.2, 0.25) is 5.02 Å². The Morgan fingerprint density at radius 3 is 2.45 bits per heavy atom. The van der Waals surface area contributed by atoms with Gasteiger partial charge in [-0.1, -0.05) is 17.7 Å². The molecule has 1 atom stereocenters. The van der Waals surface area contributed by atoms with E-state index in [1.807, 2.05) is 20.8 Å². The number of carbonyl (C=O) groups excluding carboxylic acids is 2. The Labute approximate surface area is 123 Å². The zero-order valence-electron chi connectivity index (χ0n) is 12.1. The number of rotatable bonds is 3. The highest BCUT2D eigenvalue weighted by Crippen LogP contribution is 2.22. The first-order chi connectivity index (χ1) is 9.11. The van der Waals surface area contributed by atoms with Crippen molar-refractivity contribution in [1.82, 2.24) is 10.6 Å². The second-order valence-electron chi connectivity index (χ2n) is 5.64. The van der Waals surface area contributed by atoms with Crippen LogP contribution in [0.4, 0.5) is 5.69 Å². The Balaban J connectivity index is 2.76. The Hall–Kier alpha value is -1.75. The third kappa shape index (κ3) is 4.42. The van der Waals surface area contributed by atoms with Gasteiger partial charge in [-0.25, -0.2) is 0 Å². The summed E-state index contributed by atoms with van der Waals surface area (Å²) < 4.78 is 0. The molecule has 1 aromatic rings. The fourth-order valence-electron chi connectivity index (χ4n) is 1.55. The van der Waals surface area contributed by atoms with Gasteiger partial charge in [-0.2, -0.15) is 0 Å². The molecule has 0 aliphatic carbocycles. The Morgan fingerprint density at radius 1 is 1.30 bits per heavy atom. The van der Waals surface area contributed by atoms with Gasteiger partial charge in [-0.3, -0.25) is 9.59 Å². The second kappa shape index (κ2) is 6.13. The first-order valence-corrected chi connectivity index (χ1v) is 6.66. The van der Waals surface area contributed by atoms with Gasteiger partial charge in [0.1, 0.15) is 6.04 Å². The molecule has 0 radical (unpaired) electrons. The highest BCUT2D eigenvalue weighted by molar-refractivity contribution is 6.34. The number of hydrogen-bond acceptors (Lipinski definition) is 3. The first kappa shape index (κ1) is 16.3. The average Bonchev–Trinajstić information content (AvgIpc) is 2.30. The van der Waals surface area contributed by atoms with E-state index in [4.69, 9.17) is 17.3 Å². The maximum atomic E-state index is 12.1. The normalized spacial score (nSPS) is 12.7. The quantitative estimate of drug-likeness (QED) is 0.746. The fourth-order valence-corrected chi connectivity index (χ4v) is 1.73. The van der Waals surface area contributed by atoms with Crippen molar-refractivity contribution in [3.05, 3.63) is 28.8 Å². The summed E-state index contributed by atoms with van der Waals surface area (Å²) >= 11 is 5.86. The molecule has 0 aromatic heterocycles. The molecule has 0 saturated carbocycles. The maximum absolute atomic E-state index is 12.1. The minimum atomic E-state index is -0.667. The number of hydrogen-bond donors (Lipinski definition) is 3. The van der Waals surface area contributed by atoms with Gasteiger partial charge in [0, 0.05) is 5.54 Å². The van der Waals surface area contributed by atoms with Crippen LogP contribution in [0.1, 0.15) is 38.1 Å². The summed E-state index contributed by atoms with van der Waals surface area (Å²) in [4.78, 5) is 24.0. The molecule has 2 amide bonds. The van der Waals surface area contributed by atoms with Crippen molar-refractivity contribution >= 4 is 29.1 Å². The maximum Gasteiger partial charge on any atom is 0.254 e. The number of halogens is 1. The highest BCUT2D eigenvalue weighted by Gasteiger charge is 2.22. The van der Waals surface area contributed by atoms with Crippen LogP contribution < -0.4 is 16.4 Å². The van der Waals surface area contributed by atoms with Gasteiger partial charge in [-0.05, 0) is 39.8 Å². The monoisotopic (exact) mass is 297 g/mol. The molecule has 110 valence electrons. The number of para-hydroxylation sites is 1. The Kier molecular flexibility index (Phi) is 5.00. The van der Waals surface area contributed by atoms with Gasteiger partial charge < -0.3 is 16.4 Å². The van der Waals surface area contributed by atoms with E-state index in [0.717, 1.165) is 0 Å². The first-order valence-electron chi connectivity index (χ1n) is 6.28. The number of nitrogen functional groups attached to an aromatic ring is 1. The van der Waals surface area contributed by atoms with Crippen molar-refractivity contribution in [2.75, 3.05) is 5.73 Å². The molecule has 6 heteroatoms. The fraction of sp³-hybridized carbons (Fsp3) is 0.429. The molecule has 5 nitrogen and oxygen atoms in total. The molecule has 20 heavy (non-hydrogen) atoms. The summed E-state index contributed by atoms with van der Waals surface area (Å²) in [5.74, 6) is -0.687. The van der Waals surface area contributed by atoms with E-state index in [1.54, 1.807) is 25.1 Å². The minimum absolute atomic E-state index is 0.204. The van der Waals surface area contributed by atoms with Gasteiger partial charge in [0.05, 0.1) is 16.3 Å². The number of carbonyl (C=O) groups is 2. The van der Waals surface area contributed by atoms with E-state index in [-0.39, 0.29) is 22.7 Å². The molecule has 0 heterocycles. The average molecular weight is 298 g/mol. The van der Waals surface area contributed by atoms with Gasteiger partial charge in [0.25, 0.3) is 5.91 Å². The van der Waals surface area contributed by atoms with E-state index in [1.165, 1.54) is 0 Å². The van der Waals surface area contributed by atoms with Crippen LogP contribution >= 0.6 is 11.6 Å². The summed E-state index contributed by atoms with van der Waals surface area (Å²) in [6, 6.07) is 4.13. The Morgan fingerprint density at radius 2 is 1.90 bits per heavy atom. The van der Waals surface area contributed by atoms with Crippen molar-refractivity contribution in [2.45, 2.75) is 39.3 Å². The molecule has 1 rings (SSSR count). The summed E-state index contributed by atoms with van der Waals surface area (Å²) in [7, 11) is 0. The number of benzene rings is 1. The van der Waals surface area contributed by atoms with Crippen LogP contribution in [0, 0.1) is 0 Å². The number of nitrogens with two attached hydrogens (primary N) is 1.